The van der Waals surface area contributed by atoms with Gasteiger partial charge in [-0.25, -0.2) is 4.79 Å². The highest BCUT2D eigenvalue weighted by Gasteiger charge is 2.34. The van der Waals surface area contributed by atoms with E-state index in [1.807, 2.05) is 36.4 Å². The summed E-state index contributed by atoms with van der Waals surface area (Å²) in [7, 11) is 2.72. The van der Waals surface area contributed by atoms with E-state index in [-0.39, 0.29) is 40.9 Å². The summed E-state index contributed by atoms with van der Waals surface area (Å²) >= 11 is 0. The Labute approximate surface area is 206 Å². The van der Waals surface area contributed by atoms with Gasteiger partial charge in [-0.1, -0.05) is 42.5 Å². The smallest absolute Gasteiger partial charge is 0.343 e. The van der Waals surface area contributed by atoms with Gasteiger partial charge in [0.15, 0.2) is 12.0 Å². The first-order valence-electron chi connectivity index (χ1n) is 11.2. The first-order valence-corrected chi connectivity index (χ1v) is 11.2. The molecule has 0 unspecified atom stereocenters. The van der Waals surface area contributed by atoms with Crippen molar-refractivity contribution in [3.05, 3.63) is 88.1 Å². The lowest BCUT2D eigenvalue weighted by Gasteiger charge is -2.26. The van der Waals surface area contributed by atoms with E-state index in [1.54, 1.807) is 24.3 Å². The van der Waals surface area contributed by atoms with E-state index in [9.17, 15) is 14.4 Å². The molecule has 1 aliphatic heterocycles. The van der Waals surface area contributed by atoms with Crippen molar-refractivity contribution < 1.29 is 33.0 Å². The monoisotopic (exact) mass is 486 g/mol. The van der Waals surface area contributed by atoms with E-state index in [0.29, 0.717) is 17.1 Å². The number of carbonyl (C=O) groups is 2. The Balaban J connectivity index is 1.71. The molecule has 0 bridgehead atoms. The Hall–Kier alpha value is -4.59. The lowest BCUT2D eigenvalue weighted by molar-refractivity contribution is -0.143. The average molecular weight is 486 g/mol. The number of rotatable bonds is 6. The Morgan fingerprint density at radius 3 is 2.56 bits per heavy atom. The van der Waals surface area contributed by atoms with Crippen molar-refractivity contribution in [2.75, 3.05) is 20.8 Å². The number of ether oxygens (including phenoxy) is 4. The topological polar surface area (TPSA) is 101 Å². The molecule has 0 fully saturated rings. The van der Waals surface area contributed by atoms with Crippen molar-refractivity contribution in [1.82, 2.24) is 0 Å². The number of esters is 2. The summed E-state index contributed by atoms with van der Waals surface area (Å²) in [6, 6.07) is 19.3. The van der Waals surface area contributed by atoms with Gasteiger partial charge in [0.25, 0.3) is 0 Å². The maximum absolute atomic E-state index is 13.3. The molecule has 0 radical (unpaired) electrons. The molecular formula is C28H22O8. The Morgan fingerprint density at radius 2 is 1.81 bits per heavy atom. The molecule has 0 saturated carbocycles. The fraction of sp³-hybridized carbons (Fsp3) is 0.179. The molecule has 0 aliphatic carbocycles. The van der Waals surface area contributed by atoms with Crippen LogP contribution in [-0.2, 0) is 14.3 Å². The van der Waals surface area contributed by atoms with E-state index in [1.165, 1.54) is 20.3 Å². The molecule has 0 saturated heterocycles. The quantitative estimate of drug-likeness (QED) is 0.291. The predicted molar refractivity (Wildman–Crippen MR) is 131 cm³/mol. The number of fused-ring (bicyclic) bond motifs is 3. The van der Waals surface area contributed by atoms with E-state index >= 15 is 0 Å². The van der Waals surface area contributed by atoms with Crippen molar-refractivity contribution >= 4 is 22.9 Å². The molecule has 5 rings (SSSR count). The first-order chi connectivity index (χ1) is 17.5. The van der Waals surface area contributed by atoms with Gasteiger partial charge in [0, 0.05) is 29.2 Å². The normalized spacial score (nSPS) is 14.6. The van der Waals surface area contributed by atoms with Crippen LogP contribution in [-0.4, -0.2) is 32.8 Å². The summed E-state index contributed by atoms with van der Waals surface area (Å²) in [4.78, 5) is 37.4. The molecule has 4 aromatic rings. The molecular weight excluding hydrogens is 464 g/mol. The van der Waals surface area contributed by atoms with Crippen LogP contribution in [0.3, 0.4) is 0 Å². The number of hydrogen-bond acceptors (Lipinski definition) is 8. The van der Waals surface area contributed by atoms with Crippen molar-refractivity contribution in [2.24, 2.45) is 0 Å². The van der Waals surface area contributed by atoms with Crippen molar-refractivity contribution in [2.45, 2.75) is 12.3 Å². The van der Waals surface area contributed by atoms with Crippen molar-refractivity contribution in [1.29, 1.82) is 0 Å². The zero-order valence-electron chi connectivity index (χ0n) is 19.6. The van der Waals surface area contributed by atoms with E-state index < -0.39 is 17.9 Å². The third-order valence-electron chi connectivity index (χ3n) is 6.03. The number of hydrogen-bond donors (Lipinski definition) is 0. The SMILES string of the molecule is COC(=O)COc1cccc([C@H]2CC(=O)Oc3cc(OC)c4c(=O)cc(-c5ccccc5)oc4c32)c1. The zero-order chi connectivity index (χ0) is 25.2. The summed E-state index contributed by atoms with van der Waals surface area (Å²) in [6.07, 6.45) is 0.0220. The molecule has 182 valence electrons. The van der Waals surface area contributed by atoms with Crippen LogP contribution in [0.5, 0.6) is 17.2 Å². The third kappa shape index (κ3) is 4.29. The van der Waals surface area contributed by atoms with E-state index in [0.717, 1.165) is 11.1 Å². The van der Waals surface area contributed by atoms with Crippen LogP contribution in [0.2, 0.25) is 0 Å². The maximum Gasteiger partial charge on any atom is 0.343 e. The minimum atomic E-state index is -0.514. The van der Waals surface area contributed by atoms with Gasteiger partial charge in [0.2, 0.25) is 0 Å². The molecule has 36 heavy (non-hydrogen) atoms. The van der Waals surface area contributed by atoms with Crippen molar-refractivity contribution in [3.63, 3.8) is 0 Å². The fourth-order valence-corrected chi connectivity index (χ4v) is 4.36. The maximum atomic E-state index is 13.3. The highest BCUT2D eigenvalue weighted by atomic mass is 16.6. The molecule has 8 heteroatoms. The summed E-state index contributed by atoms with van der Waals surface area (Å²) in [5.74, 6) is -0.116. The van der Waals surface area contributed by atoms with Gasteiger partial charge in [-0.15, -0.1) is 0 Å². The van der Waals surface area contributed by atoms with Crippen LogP contribution in [0.25, 0.3) is 22.3 Å². The Bertz CT molecular complexity index is 1520. The van der Waals surface area contributed by atoms with Gasteiger partial charge in [0.05, 0.1) is 20.6 Å². The average Bonchev–Trinajstić information content (AvgIpc) is 2.91. The zero-order valence-corrected chi connectivity index (χ0v) is 19.6. The molecule has 3 aromatic carbocycles. The molecule has 0 spiro atoms. The van der Waals surface area contributed by atoms with Gasteiger partial charge < -0.3 is 23.4 Å². The lowest BCUT2D eigenvalue weighted by Crippen LogP contribution is -2.22. The molecule has 0 amide bonds. The van der Waals surface area contributed by atoms with Crippen LogP contribution in [0, 0.1) is 0 Å². The molecule has 0 N–H and O–H groups in total. The van der Waals surface area contributed by atoms with Gasteiger partial charge in [-0.3, -0.25) is 9.59 Å². The van der Waals surface area contributed by atoms with Crippen LogP contribution in [0.4, 0.5) is 0 Å². The Kier molecular flexibility index (Phi) is 6.16. The number of benzene rings is 3. The Morgan fingerprint density at radius 1 is 1.00 bits per heavy atom. The standard InChI is InChI=1S/C28H22O8/c1-32-22-14-23-26(28-27(22)20(29)13-21(36-28)16-7-4-3-5-8-16)19(12-24(30)35-23)17-9-6-10-18(11-17)34-15-25(31)33-2/h3-11,13-14,19H,12,15H2,1-2H3/t19-/m1/s1. The number of carbonyl (C=O) groups excluding carboxylic acids is 2. The van der Waals surface area contributed by atoms with E-state index in [4.69, 9.17) is 18.6 Å². The second-order valence-corrected chi connectivity index (χ2v) is 8.20. The highest BCUT2D eigenvalue weighted by Crippen LogP contribution is 2.46. The summed E-state index contributed by atoms with van der Waals surface area (Å²) in [5, 5.41) is 0.261. The van der Waals surface area contributed by atoms with Crippen LogP contribution in [0.15, 0.2) is 75.9 Å². The van der Waals surface area contributed by atoms with Crippen LogP contribution >= 0.6 is 0 Å². The summed E-state index contributed by atoms with van der Waals surface area (Å²) in [6.45, 7) is -0.251. The molecule has 2 heterocycles. The van der Waals surface area contributed by atoms with Gasteiger partial charge >= 0.3 is 11.9 Å². The highest BCUT2D eigenvalue weighted by molar-refractivity contribution is 5.93. The summed E-state index contributed by atoms with van der Waals surface area (Å²) < 4.78 is 27.5. The third-order valence-corrected chi connectivity index (χ3v) is 6.03. The second kappa shape index (κ2) is 9.58. The van der Waals surface area contributed by atoms with Crippen LogP contribution < -0.4 is 19.6 Å². The lowest BCUT2D eigenvalue weighted by atomic mass is 9.85. The van der Waals surface area contributed by atoms with Gasteiger partial charge in [0.1, 0.15) is 34.0 Å². The molecule has 1 atom stereocenters. The van der Waals surface area contributed by atoms with E-state index in [2.05, 4.69) is 4.74 Å². The largest absolute Gasteiger partial charge is 0.496 e. The second-order valence-electron chi connectivity index (χ2n) is 8.20. The predicted octanol–water partition coefficient (Wildman–Crippen LogP) is 4.46. The minimum Gasteiger partial charge on any atom is -0.496 e. The molecule has 8 nitrogen and oxygen atoms in total. The van der Waals surface area contributed by atoms with Gasteiger partial charge in [-0.05, 0) is 17.7 Å². The number of methoxy groups -OCH3 is 2. The van der Waals surface area contributed by atoms with Crippen molar-refractivity contribution in [3.8, 4) is 28.6 Å². The molecule has 1 aromatic heterocycles. The van der Waals surface area contributed by atoms with Gasteiger partial charge in [-0.2, -0.15) is 0 Å². The van der Waals surface area contributed by atoms with Crippen LogP contribution in [0.1, 0.15) is 23.5 Å². The first kappa shape index (κ1) is 23.2. The summed E-state index contributed by atoms with van der Waals surface area (Å²) in [5.41, 5.74) is 2.03. The minimum absolute atomic E-state index is 0.0220. The molecule has 1 aliphatic rings. The fourth-order valence-electron chi connectivity index (χ4n) is 4.36.